The first kappa shape index (κ1) is 14.6. The van der Waals surface area contributed by atoms with Crippen molar-refractivity contribution >= 4 is 43.5 Å². The van der Waals surface area contributed by atoms with Gasteiger partial charge in [0.25, 0.3) is 5.91 Å². The number of methoxy groups -OCH3 is 1. The van der Waals surface area contributed by atoms with Crippen LogP contribution in [-0.4, -0.2) is 23.0 Å². The molecule has 0 aliphatic heterocycles. The molecule has 2 aromatic heterocycles. The SMILES string of the molecule is COc1ccc2nc(NC(=O)c3cccc4ncccc34)sc2c1. The zero-order valence-corrected chi connectivity index (χ0v) is 13.6. The summed E-state index contributed by atoms with van der Waals surface area (Å²) in [6.45, 7) is 0. The fraction of sp³-hybridized carbons (Fsp3) is 0.0556. The molecule has 24 heavy (non-hydrogen) atoms. The van der Waals surface area contributed by atoms with Gasteiger partial charge in [-0.15, -0.1) is 0 Å². The number of benzene rings is 2. The van der Waals surface area contributed by atoms with Gasteiger partial charge in [-0.25, -0.2) is 4.98 Å². The number of aromatic nitrogens is 2. The second-order valence-electron chi connectivity index (χ2n) is 5.18. The maximum atomic E-state index is 12.6. The Morgan fingerprint density at radius 3 is 2.92 bits per heavy atom. The zero-order chi connectivity index (χ0) is 16.5. The van der Waals surface area contributed by atoms with E-state index in [1.807, 2.05) is 42.5 Å². The molecule has 0 fully saturated rings. The first-order valence-electron chi connectivity index (χ1n) is 7.34. The number of hydrogen-bond donors (Lipinski definition) is 1. The molecule has 0 radical (unpaired) electrons. The average Bonchev–Trinajstić information content (AvgIpc) is 3.02. The van der Waals surface area contributed by atoms with Crippen LogP contribution in [0.2, 0.25) is 0 Å². The largest absolute Gasteiger partial charge is 0.497 e. The minimum atomic E-state index is -0.195. The summed E-state index contributed by atoms with van der Waals surface area (Å²) in [5, 5.41) is 4.26. The van der Waals surface area contributed by atoms with Gasteiger partial charge in [-0.2, -0.15) is 0 Å². The number of pyridine rings is 1. The molecule has 2 aromatic carbocycles. The Balaban J connectivity index is 1.68. The fourth-order valence-electron chi connectivity index (χ4n) is 2.55. The van der Waals surface area contributed by atoms with Crippen molar-refractivity contribution in [2.24, 2.45) is 0 Å². The first-order valence-corrected chi connectivity index (χ1v) is 8.16. The molecule has 5 nitrogen and oxygen atoms in total. The molecular weight excluding hydrogens is 322 g/mol. The molecular formula is C18H13N3O2S. The maximum absolute atomic E-state index is 12.6. The van der Waals surface area contributed by atoms with E-state index < -0.39 is 0 Å². The molecule has 1 amide bonds. The molecule has 0 saturated heterocycles. The van der Waals surface area contributed by atoms with Gasteiger partial charge in [0.1, 0.15) is 5.75 Å². The summed E-state index contributed by atoms with van der Waals surface area (Å²) in [6, 6.07) is 14.8. The van der Waals surface area contributed by atoms with Crippen molar-refractivity contribution in [3.05, 3.63) is 60.3 Å². The standard InChI is InChI=1S/C18H13N3O2S/c1-23-11-7-8-15-16(10-11)24-18(20-15)21-17(22)13-4-2-6-14-12(13)5-3-9-19-14/h2-10H,1H3,(H,20,21,22). The van der Waals surface area contributed by atoms with E-state index >= 15 is 0 Å². The first-order chi connectivity index (χ1) is 11.7. The third-order valence-corrected chi connectivity index (χ3v) is 4.64. The van der Waals surface area contributed by atoms with Crippen molar-refractivity contribution in [2.75, 3.05) is 12.4 Å². The van der Waals surface area contributed by atoms with Gasteiger partial charge >= 0.3 is 0 Å². The third kappa shape index (κ3) is 2.57. The summed E-state index contributed by atoms with van der Waals surface area (Å²) in [5.74, 6) is 0.573. The van der Waals surface area contributed by atoms with Crippen molar-refractivity contribution < 1.29 is 9.53 Å². The molecule has 0 spiro atoms. The van der Waals surface area contributed by atoms with Gasteiger partial charge < -0.3 is 4.74 Å². The average molecular weight is 335 g/mol. The van der Waals surface area contributed by atoms with E-state index in [9.17, 15) is 4.79 Å². The number of nitrogens with zero attached hydrogens (tertiary/aromatic N) is 2. The predicted octanol–water partition coefficient (Wildman–Crippen LogP) is 4.11. The lowest BCUT2D eigenvalue weighted by Gasteiger charge is -2.05. The van der Waals surface area contributed by atoms with Crippen LogP contribution in [0, 0.1) is 0 Å². The lowest BCUT2D eigenvalue weighted by molar-refractivity contribution is 0.102. The van der Waals surface area contributed by atoms with E-state index in [-0.39, 0.29) is 5.91 Å². The van der Waals surface area contributed by atoms with Crippen molar-refractivity contribution in [1.29, 1.82) is 0 Å². The third-order valence-electron chi connectivity index (χ3n) is 3.71. The molecule has 0 bridgehead atoms. The second kappa shape index (κ2) is 5.90. The number of anilines is 1. The molecule has 1 N–H and O–H groups in total. The van der Waals surface area contributed by atoms with Gasteiger partial charge in [-0.1, -0.05) is 23.5 Å². The van der Waals surface area contributed by atoms with Crippen molar-refractivity contribution in [1.82, 2.24) is 9.97 Å². The molecule has 6 heteroatoms. The van der Waals surface area contributed by atoms with Crippen LogP contribution in [-0.2, 0) is 0 Å². The van der Waals surface area contributed by atoms with Crippen LogP contribution in [0.15, 0.2) is 54.7 Å². The summed E-state index contributed by atoms with van der Waals surface area (Å²) < 4.78 is 6.18. The quantitative estimate of drug-likeness (QED) is 0.612. The van der Waals surface area contributed by atoms with Gasteiger partial charge in [0.05, 0.1) is 22.8 Å². The van der Waals surface area contributed by atoms with E-state index in [0.717, 1.165) is 26.9 Å². The van der Waals surface area contributed by atoms with Gasteiger partial charge in [0, 0.05) is 17.1 Å². The highest BCUT2D eigenvalue weighted by molar-refractivity contribution is 7.22. The number of fused-ring (bicyclic) bond motifs is 2. The maximum Gasteiger partial charge on any atom is 0.258 e. The normalized spacial score (nSPS) is 10.9. The number of carbonyl (C=O) groups excluding carboxylic acids is 1. The van der Waals surface area contributed by atoms with Crippen LogP contribution >= 0.6 is 11.3 Å². The molecule has 0 aliphatic rings. The number of thiazole rings is 1. The van der Waals surface area contributed by atoms with Crippen molar-refractivity contribution in [2.45, 2.75) is 0 Å². The summed E-state index contributed by atoms with van der Waals surface area (Å²) in [5.41, 5.74) is 2.20. The van der Waals surface area contributed by atoms with Gasteiger partial charge in [-0.3, -0.25) is 15.1 Å². The van der Waals surface area contributed by atoms with Gasteiger partial charge in [0.15, 0.2) is 5.13 Å². The van der Waals surface area contributed by atoms with Crippen LogP contribution in [0.5, 0.6) is 5.75 Å². The topological polar surface area (TPSA) is 64.1 Å². The molecule has 0 saturated carbocycles. The van der Waals surface area contributed by atoms with E-state index in [1.54, 1.807) is 19.4 Å². The number of ether oxygens (including phenoxy) is 1. The Bertz CT molecular complexity index is 1050. The van der Waals surface area contributed by atoms with E-state index in [0.29, 0.717) is 10.7 Å². The zero-order valence-electron chi connectivity index (χ0n) is 12.8. The van der Waals surface area contributed by atoms with Crippen LogP contribution in [0.3, 0.4) is 0 Å². The van der Waals surface area contributed by atoms with Crippen LogP contribution in [0.4, 0.5) is 5.13 Å². The molecule has 0 unspecified atom stereocenters. The molecule has 4 rings (SSSR count). The Labute approximate surface area is 141 Å². The summed E-state index contributed by atoms with van der Waals surface area (Å²) >= 11 is 1.42. The molecule has 0 aliphatic carbocycles. The van der Waals surface area contributed by atoms with E-state index in [1.165, 1.54) is 11.3 Å². The number of carbonyl (C=O) groups is 1. The summed E-state index contributed by atoms with van der Waals surface area (Å²) in [6.07, 6.45) is 1.71. The number of amides is 1. The van der Waals surface area contributed by atoms with Crippen molar-refractivity contribution in [3.8, 4) is 5.75 Å². The van der Waals surface area contributed by atoms with Crippen LogP contribution in [0.25, 0.3) is 21.1 Å². The molecule has 0 atom stereocenters. The Morgan fingerprint density at radius 1 is 1.12 bits per heavy atom. The predicted molar refractivity (Wildman–Crippen MR) is 95.9 cm³/mol. The van der Waals surface area contributed by atoms with Gasteiger partial charge in [0.2, 0.25) is 0 Å². The van der Waals surface area contributed by atoms with Crippen LogP contribution < -0.4 is 10.1 Å². The summed E-state index contributed by atoms with van der Waals surface area (Å²) in [4.78, 5) is 21.4. The Morgan fingerprint density at radius 2 is 2.04 bits per heavy atom. The monoisotopic (exact) mass is 335 g/mol. The second-order valence-corrected chi connectivity index (χ2v) is 6.21. The summed E-state index contributed by atoms with van der Waals surface area (Å²) in [7, 11) is 1.62. The smallest absolute Gasteiger partial charge is 0.258 e. The minimum absolute atomic E-state index is 0.195. The Kier molecular flexibility index (Phi) is 3.59. The highest BCUT2D eigenvalue weighted by Gasteiger charge is 2.13. The molecule has 2 heterocycles. The van der Waals surface area contributed by atoms with Crippen molar-refractivity contribution in [3.63, 3.8) is 0 Å². The van der Waals surface area contributed by atoms with E-state index in [4.69, 9.17) is 4.74 Å². The highest BCUT2D eigenvalue weighted by Crippen LogP contribution is 2.29. The van der Waals surface area contributed by atoms with Gasteiger partial charge in [-0.05, 0) is 36.4 Å². The lowest BCUT2D eigenvalue weighted by atomic mass is 10.1. The Hall–Kier alpha value is -2.99. The molecule has 118 valence electrons. The number of nitrogens with one attached hydrogen (secondary N) is 1. The fourth-order valence-corrected chi connectivity index (χ4v) is 3.44. The lowest BCUT2D eigenvalue weighted by Crippen LogP contribution is -2.12. The highest BCUT2D eigenvalue weighted by atomic mass is 32.1. The molecule has 4 aromatic rings. The van der Waals surface area contributed by atoms with E-state index in [2.05, 4.69) is 15.3 Å². The number of rotatable bonds is 3. The minimum Gasteiger partial charge on any atom is -0.497 e. The van der Waals surface area contributed by atoms with Crippen LogP contribution in [0.1, 0.15) is 10.4 Å². The number of hydrogen-bond acceptors (Lipinski definition) is 5.